The Labute approximate surface area is 96.6 Å². The summed E-state index contributed by atoms with van der Waals surface area (Å²) in [6.45, 7) is 3.44. The summed E-state index contributed by atoms with van der Waals surface area (Å²) in [5.74, 6) is 0.0938. The molecule has 1 saturated heterocycles. The predicted molar refractivity (Wildman–Crippen MR) is 62.1 cm³/mol. The van der Waals surface area contributed by atoms with Crippen LogP contribution in [0.3, 0.4) is 0 Å². The first-order chi connectivity index (χ1) is 7.63. The van der Waals surface area contributed by atoms with E-state index in [2.05, 4.69) is 17.6 Å². The lowest BCUT2D eigenvalue weighted by molar-refractivity contribution is -0.126. The Kier molecular flexibility index (Phi) is 5.08. The highest BCUT2D eigenvalue weighted by Crippen LogP contribution is 2.07. The minimum atomic E-state index is -0.163. The molecule has 2 N–H and O–H groups in total. The number of nitrogens with zero attached hydrogens (tertiary/aromatic N) is 1. The molecule has 0 radical (unpaired) electrons. The van der Waals surface area contributed by atoms with E-state index in [1.807, 2.05) is 0 Å². The van der Waals surface area contributed by atoms with Gasteiger partial charge >= 0.3 is 6.03 Å². The van der Waals surface area contributed by atoms with Crippen molar-refractivity contribution in [2.24, 2.45) is 0 Å². The van der Waals surface area contributed by atoms with Crippen molar-refractivity contribution >= 4 is 11.9 Å². The zero-order valence-electron chi connectivity index (χ0n) is 10.1. The molecule has 1 rings (SSSR count). The lowest BCUT2D eigenvalue weighted by Crippen LogP contribution is -2.43. The quantitative estimate of drug-likeness (QED) is 0.679. The number of amides is 3. The van der Waals surface area contributed by atoms with Crippen LogP contribution in [0.25, 0.3) is 0 Å². The van der Waals surface area contributed by atoms with Gasteiger partial charge < -0.3 is 15.5 Å². The largest absolute Gasteiger partial charge is 0.344 e. The van der Waals surface area contributed by atoms with Crippen molar-refractivity contribution in [2.45, 2.75) is 38.6 Å². The molecule has 0 aliphatic carbocycles. The summed E-state index contributed by atoms with van der Waals surface area (Å²) in [6.07, 6.45) is 3.70. The minimum absolute atomic E-state index is 0.0383. The number of nitrogens with one attached hydrogen (secondary N) is 2. The van der Waals surface area contributed by atoms with E-state index in [9.17, 15) is 9.59 Å². The zero-order valence-corrected chi connectivity index (χ0v) is 10.1. The van der Waals surface area contributed by atoms with Crippen molar-refractivity contribution in [3.63, 3.8) is 0 Å². The third kappa shape index (κ3) is 4.08. The Morgan fingerprint density at radius 3 is 2.81 bits per heavy atom. The van der Waals surface area contributed by atoms with Crippen molar-refractivity contribution in [1.82, 2.24) is 15.5 Å². The van der Waals surface area contributed by atoms with Gasteiger partial charge in [-0.15, -0.1) is 0 Å². The summed E-state index contributed by atoms with van der Waals surface area (Å²) in [5, 5.41) is 5.60. The minimum Gasteiger partial charge on any atom is -0.344 e. The Morgan fingerprint density at radius 2 is 2.25 bits per heavy atom. The highest BCUT2D eigenvalue weighted by Gasteiger charge is 2.27. The molecule has 1 aliphatic heterocycles. The number of hydrogen-bond acceptors (Lipinski definition) is 2. The number of hydrogen-bond donors (Lipinski definition) is 2. The maximum Gasteiger partial charge on any atom is 0.315 e. The smallest absolute Gasteiger partial charge is 0.315 e. The van der Waals surface area contributed by atoms with Crippen LogP contribution in [-0.2, 0) is 4.79 Å². The SMILES string of the molecule is CCCCCNC(=O)NC1CC(=O)N(C)C1. The van der Waals surface area contributed by atoms with Gasteiger partial charge in [0.2, 0.25) is 5.91 Å². The Balaban J connectivity index is 2.13. The molecule has 0 aromatic carbocycles. The normalized spacial score (nSPS) is 20.0. The van der Waals surface area contributed by atoms with Crippen LogP contribution < -0.4 is 10.6 Å². The van der Waals surface area contributed by atoms with Crippen LogP contribution in [0.2, 0.25) is 0 Å². The maximum absolute atomic E-state index is 11.4. The molecule has 1 aliphatic rings. The molecule has 0 aromatic rings. The molecule has 0 saturated carbocycles. The summed E-state index contributed by atoms with van der Waals surface area (Å²) in [4.78, 5) is 24.3. The average Bonchev–Trinajstić information content (AvgIpc) is 2.53. The molecule has 0 aromatic heterocycles. The van der Waals surface area contributed by atoms with Crippen molar-refractivity contribution in [1.29, 1.82) is 0 Å². The summed E-state index contributed by atoms with van der Waals surface area (Å²) in [6, 6.07) is -0.201. The highest BCUT2D eigenvalue weighted by atomic mass is 16.2. The fourth-order valence-corrected chi connectivity index (χ4v) is 1.77. The van der Waals surface area contributed by atoms with E-state index in [1.54, 1.807) is 11.9 Å². The van der Waals surface area contributed by atoms with E-state index >= 15 is 0 Å². The molecule has 16 heavy (non-hydrogen) atoms. The van der Waals surface area contributed by atoms with E-state index in [-0.39, 0.29) is 18.0 Å². The molecular weight excluding hydrogens is 206 g/mol. The van der Waals surface area contributed by atoms with Crippen LogP contribution in [0, 0.1) is 0 Å². The van der Waals surface area contributed by atoms with E-state index < -0.39 is 0 Å². The second kappa shape index (κ2) is 6.35. The van der Waals surface area contributed by atoms with Gasteiger partial charge in [-0.25, -0.2) is 4.79 Å². The van der Waals surface area contributed by atoms with Gasteiger partial charge in [0.05, 0.1) is 6.04 Å². The van der Waals surface area contributed by atoms with Gasteiger partial charge in [0.25, 0.3) is 0 Å². The summed E-state index contributed by atoms with van der Waals surface area (Å²) in [5.41, 5.74) is 0. The van der Waals surface area contributed by atoms with E-state index in [0.29, 0.717) is 19.5 Å². The standard InChI is InChI=1S/C11H21N3O2/c1-3-4-5-6-12-11(16)13-9-7-10(15)14(2)8-9/h9H,3-8H2,1-2H3,(H2,12,13,16). The molecule has 0 spiro atoms. The summed E-state index contributed by atoms with van der Waals surface area (Å²) >= 11 is 0. The van der Waals surface area contributed by atoms with Crippen molar-refractivity contribution in [3.8, 4) is 0 Å². The van der Waals surface area contributed by atoms with Gasteiger partial charge in [-0.3, -0.25) is 4.79 Å². The lowest BCUT2D eigenvalue weighted by atomic mass is 10.2. The summed E-state index contributed by atoms with van der Waals surface area (Å²) < 4.78 is 0. The molecule has 0 bridgehead atoms. The zero-order chi connectivity index (χ0) is 12.0. The fourth-order valence-electron chi connectivity index (χ4n) is 1.77. The Bertz CT molecular complexity index is 256. The molecule has 5 nitrogen and oxygen atoms in total. The second-order valence-corrected chi connectivity index (χ2v) is 4.28. The molecule has 5 heteroatoms. The van der Waals surface area contributed by atoms with E-state index in [4.69, 9.17) is 0 Å². The van der Waals surface area contributed by atoms with Crippen LogP contribution in [-0.4, -0.2) is 43.0 Å². The number of urea groups is 1. The van der Waals surface area contributed by atoms with Crippen LogP contribution in [0.1, 0.15) is 32.6 Å². The van der Waals surface area contributed by atoms with Crippen molar-refractivity contribution in [2.75, 3.05) is 20.1 Å². The van der Waals surface area contributed by atoms with Gasteiger partial charge in [0.1, 0.15) is 0 Å². The first-order valence-electron chi connectivity index (χ1n) is 5.91. The topological polar surface area (TPSA) is 61.4 Å². The van der Waals surface area contributed by atoms with E-state index in [1.165, 1.54) is 0 Å². The summed E-state index contributed by atoms with van der Waals surface area (Å²) in [7, 11) is 1.75. The number of likely N-dealkylation sites (N-methyl/N-ethyl adjacent to an activating group) is 1. The molecule has 1 fully saturated rings. The van der Waals surface area contributed by atoms with E-state index in [0.717, 1.165) is 19.3 Å². The van der Waals surface area contributed by atoms with Crippen molar-refractivity contribution < 1.29 is 9.59 Å². The van der Waals surface area contributed by atoms with Gasteiger partial charge in [-0.1, -0.05) is 19.8 Å². The van der Waals surface area contributed by atoms with Crippen LogP contribution in [0.15, 0.2) is 0 Å². The third-order valence-electron chi connectivity index (χ3n) is 2.74. The lowest BCUT2D eigenvalue weighted by Gasteiger charge is -2.13. The average molecular weight is 227 g/mol. The monoisotopic (exact) mass is 227 g/mol. The van der Waals surface area contributed by atoms with Gasteiger partial charge in [-0.05, 0) is 6.42 Å². The maximum atomic E-state index is 11.4. The number of likely N-dealkylation sites (tertiary alicyclic amines) is 1. The van der Waals surface area contributed by atoms with Gasteiger partial charge in [-0.2, -0.15) is 0 Å². The molecule has 1 unspecified atom stereocenters. The van der Waals surface area contributed by atoms with Crippen LogP contribution >= 0.6 is 0 Å². The predicted octanol–water partition coefficient (Wildman–Crippen LogP) is 0.707. The Morgan fingerprint density at radius 1 is 1.50 bits per heavy atom. The number of carbonyl (C=O) groups is 2. The number of unbranched alkanes of at least 4 members (excludes halogenated alkanes) is 2. The number of carbonyl (C=O) groups excluding carboxylic acids is 2. The van der Waals surface area contributed by atoms with Crippen LogP contribution in [0.4, 0.5) is 4.79 Å². The molecular formula is C11H21N3O2. The van der Waals surface area contributed by atoms with Gasteiger partial charge in [0.15, 0.2) is 0 Å². The fraction of sp³-hybridized carbons (Fsp3) is 0.818. The molecule has 92 valence electrons. The van der Waals surface area contributed by atoms with Crippen LogP contribution in [0.5, 0.6) is 0 Å². The Hall–Kier alpha value is -1.26. The first kappa shape index (κ1) is 12.8. The van der Waals surface area contributed by atoms with Crippen molar-refractivity contribution in [3.05, 3.63) is 0 Å². The van der Waals surface area contributed by atoms with Gasteiger partial charge in [0, 0.05) is 26.6 Å². The molecule has 1 atom stereocenters. The molecule has 1 heterocycles. The third-order valence-corrected chi connectivity index (χ3v) is 2.74. The number of rotatable bonds is 5. The molecule has 3 amide bonds. The second-order valence-electron chi connectivity index (χ2n) is 4.28. The highest BCUT2D eigenvalue weighted by molar-refractivity contribution is 5.81. The first-order valence-corrected chi connectivity index (χ1v) is 5.91.